The van der Waals surface area contributed by atoms with E-state index >= 15 is 0 Å². The van der Waals surface area contributed by atoms with Crippen LogP contribution < -0.4 is 15.0 Å². The second kappa shape index (κ2) is 10.8. The predicted molar refractivity (Wildman–Crippen MR) is 158 cm³/mol. The Morgan fingerprint density at radius 2 is 1.93 bits per heavy atom. The molecule has 0 saturated heterocycles. The molecule has 4 aromatic rings. The molecule has 8 heteroatoms. The number of allylic oxidation sites excluding steroid dienone is 1. The molecule has 2 aromatic heterocycles. The molecule has 7 nitrogen and oxygen atoms in total. The number of rotatable bonds is 7. The summed E-state index contributed by atoms with van der Waals surface area (Å²) in [5.74, 6) is 1.08. The summed E-state index contributed by atoms with van der Waals surface area (Å²) in [6.45, 7) is 2.35. The summed E-state index contributed by atoms with van der Waals surface area (Å²) >= 11 is 0. The van der Waals surface area contributed by atoms with Gasteiger partial charge < -0.3 is 10.1 Å². The lowest BCUT2D eigenvalue weighted by molar-refractivity contribution is 0.219. The first-order valence-electron chi connectivity index (χ1n) is 14.0. The fraction of sp³-hybridized carbons (Fsp3) is 0.303. The minimum atomic E-state index is -0.259. The maximum absolute atomic E-state index is 13.5. The molecule has 2 aliphatic carbocycles. The number of nitrogens with one attached hydrogen (secondary N) is 1. The quantitative estimate of drug-likeness (QED) is 0.276. The highest BCUT2D eigenvalue weighted by Gasteiger charge is 2.46. The van der Waals surface area contributed by atoms with E-state index < -0.39 is 0 Å². The Morgan fingerprint density at radius 1 is 1.15 bits per heavy atom. The first kappa shape index (κ1) is 26.7. The third kappa shape index (κ3) is 5.10. The van der Waals surface area contributed by atoms with E-state index in [1.165, 1.54) is 28.2 Å². The molecule has 2 aromatic carbocycles. The van der Waals surface area contributed by atoms with E-state index in [-0.39, 0.29) is 23.3 Å². The van der Waals surface area contributed by atoms with Gasteiger partial charge in [-0.15, -0.1) is 0 Å². The maximum atomic E-state index is 13.5. The van der Waals surface area contributed by atoms with Crippen molar-refractivity contribution in [3.8, 4) is 11.6 Å². The molecule has 2 heterocycles. The lowest BCUT2D eigenvalue weighted by Crippen LogP contribution is -2.41. The van der Waals surface area contributed by atoms with Gasteiger partial charge in [0, 0.05) is 13.1 Å². The third-order valence-electron chi connectivity index (χ3n) is 8.81. The zero-order valence-electron chi connectivity index (χ0n) is 23.5. The normalized spacial score (nSPS) is 20.0. The number of fused-ring (bicyclic) bond motifs is 2. The zero-order chi connectivity index (χ0) is 28.6. The highest BCUT2D eigenvalue weighted by atomic mass is 19.1. The summed E-state index contributed by atoms with van der Waals surface area (Å²) < 4.78 is 20.7. The molecule has 1 saturated carbocycles. The Labute approximate surface area is 239 Å². The lowest BCUT2D eigenvalue weighted by Gasteiger charge is -2.38. The fourth-order valence-electron chi connectivity index (χ4n) is 6.40. The van der Waals surface area contributed by atoms with Gasteiger partial charge >= 0.3 is 6.03 Å². The van der Waals surface area contributed by atoms with Crippen LogP contribution in [-0.4, -0.2) is 35.0 Å². The van der Waals surface area contributed by atoms with Crippen molar-refractivity contribution in [2.24, 2.45) is 11.3 Å². The van der Waals surface area contributed by atoms with Crippen LogP contribution in [-0.2, 0) is 6.42 Å². The summed E-state index contributed by atoms with van der Waals surface area (Å²) in [7, 11) is 3.28. The Hall–Kier alpha value is -4.46. The number of carbonyl (C=O) groups excluding carboxylic acids is 1. The summed E-state index contributed by atoms with van der Waals surface area (Å²) in [4.78, 5) is 19.4. The average Bonchev–Trinajstić information content (AvgIpc) is 3.55. The van der Waals surface area contributed by atoms with Crippen LogP contribution in [0.15, 0.2) is 84.6 Å². The van der Waals surface area contributed by atoms with Crippen molar-refractivity contribution in [2.45, 2.75) is 38.6 Å². The number of methoxy groups -OCH3 is 1. The molecule has 0 aliphatic heterocycles. The molecule has 3 unspecified atom stereocenters. The van der Waals surface area contributed by atoms with Gasteiger partial charge in [-0.25, -0.2) is 13.9 Å². The topological polar surface area (TPSA) is 72.3 Å². The van der Waals surface area contributed by atoms with Crippen molar-refractivity contribution in [3.63, 3.8) is 0 Å². The Bertz CT molecular complexity index is 1580. The number of anilines is 1. The van der Waals surface area contributed by atoms with Crippen molar-refractivity contribution < 1.29 is 13.9 Å². The molecular weight excluding hydrogens is 517 g/mol. The second-order valence-corrected chi connectivity index (χ2v) is 11.2. The van der Waals surface area contributed by atoms with E-state index in [9.17, 15) is 9.18 Å². The molecule has 2 amide bonds. The molecule has 2 aliphatic rings. The number of ether oxygens (including phenoxy) is 1. The minimum Gasteiger partial charge on any atom is -0.481 e. The standard InChI is InChI=1S/C33H34FN5O2/c1-33-20-23-21-35-39(27-16-14-26(34)15-17-27)29(23)19-25(33)13-12-24(33)18-28(22-8-5-4-6-9-22)36-32(40)38(2)30-10-7-11-31(37-30)41-3/h4-11,14-17,19,21,24,28H,12-13,18,20H2,1-3H3,(H,36,40). The van der Waals surface area contributed by atoms with E-state index in [2.05, 4.69) is 40.5 Å². The van der Waals surface area contributed by atoms with E-state index in [1.54, 1.807) is 38.4 Å². The molecule has 3 atom stereocenters. The second-order valence-electron chi connectivity index (χ2n) is 11.2. The third-order valence-corrected chi connectivity index (χ3v) is 8.81. The number of aromatic nitrogens is 3. The number of nitrogens with zero attached hydrogens (tertiary/aromatic N) is 4. The van der Waals surface area contributed by atoms with Gasteiger partial charge in [-0.3, -0.25) is 4.90 Å². The van der Waals surface area contributed by atoms with Gasteiger partial charge in [0.25, 0.3) is 0 Å². The first-order valence-corrected chi connectivity index (χ1v) is 14.0. The highest BCUT2D eigenvalue weighted by molar-refractivity contribution is 5.90. The minimum absolute atomic E-state index is 0.0400. The number of amides is 2. The highest BCUT2D eigenvalue weighted by Crippen LogP contribution is 2.55. The van der Waals surface area contributed by atoms with Crippen LogP contribution >= 0.6 is 0 Å². The number of hydrogen-bond donors (Lipinski definition) is 1. The monoisotopic (exact) mass is 551 g/mol. The molecule has 0 spiro atoms. The number of benzene rings is 2. The Balaban J connectivity index is 1.24. The predicted octanol–water partition coefficient (Wildman–Crippen LogP) is 6.75. The lowest BCUT2D eigenvalue weighted by atomic mass is 9.68. The van der Waals surface area contributed by atoms with Crippen LogP contribution in [0.5, 0.6) is 5.88 Å². The van der Waals surface area contributed by atoms with Crippen molar-refractivity contribution >= 4 is 17.9 Å². The smallest absolute Gasteiger partial charge is 0.323 e. The molecule has 6 rings (SSSR count). The number of halogens is 1. The summed E-state index contributed by atoms with van der Waals surface area (Å²) in [5, 5.41) is 7.96. The van der Waals surface area contributed by atoms with Gasteiger partial charge in [0.05, 0.1) is 30.7 Å². The molecule has 41 heavy (non-hydrogen) atoms. The largest absolute Gasteiger partial charge is 0.481 e. The summed E-state index contributed by atoms with van der Waals surface area (Å²) in [6.07, 6.45) is 7.96. The zero-order valence-corrected chi connectivity index (χ0v) is 23.5. The van der Waals surface area contributed by atoms with Crippen LogP contribution in [0.3, 0.4) is 0 Å². The van der Waals surface area contributed by atoms with Gasteiger partial charge in [0.1, 0.15) is 11.6 Å². The molecule has 0 bridgehead atoms. The molecule has 1 fully saturated rings. The molecule has 210 valence electrons. The molecular formula is C33H34FN5O2. The summed E-state index contributed by atoms with van der Waals surface area (Å²) in [6, 6.07) is 21.6. The Kier molecular flexibility index (Phi) is 7.07. The van der Waals surface area contributed by atoms with Crippen molar-refractivity contribution in [1.29, 1.82) is 0 Å². The summed E-state index contributed by atoms with van der Waals surface area (Å²) in [5.41, 5.74) is 5.57. The van der Waals surface area contributed by atoms with E-state index in [1.807, 2.05) is 35.1 Å². The fourth-order valence-corrected chi connectivity index (χ4v) is 6.40. The van der Waals surface area contributed by atoms with Gasteiger partial charge in [-0.05, 0) is 84.6 Å². The van der Waals surface area contributed by atoms with Crippen LogP contribution in [0.2, 0.25) is 0 Å². The molecule has 0 radical (unpaired) electrons. The van der Waals surface area contributed by atoms with Crippen LogP contribution in [0.25, 0.3) is 11.8 Å². The van der Waals surface area contributed by atoms with Gasteiger partial charge in [-0.1, -0.05) is 48.9 Å². The average molecular weight is 552 g/mol. The van der Waals surface area contributed by atoms with Crippen molar-refractivity contribution in [2.75, 3.05) is 19.1 Å². The van der Waals surface area contributed by atoms with Gasteiger partial charge in [0.2, 0.25) is 5.88 Å². The number of pyridine rings is 1. The van der Waals surface area contributed by atoms with Gasteiger partial charge in [-0.2, -0.15) is 10.1 Å². The number of hydrogen-bond acceptors (Lipinski definition) is 4. The maximum Gasteiger partial charge on any atom is 0.323 e. The van der Waals surface area contributed by atoms with E-state index in [0.29, 0.717) is 17.6 Å². The van der Waals surface area contributed by atoms with Crippen LogP contribution in [0.4, 0.5) is 15.0 Å². The number of urea groups is 1. The van der Waals surface area contributed by atoms with Crippen molar-refractivity contribution in [1.82, 2.24) is 20.1 Å². The molecule has 1 N–H and O–H groups in total. The SMILES string of the molecule is COc1cccc(N(C)C(=O)NC(CC2CCC3=Cc4c(cnn4-c4ccc(F)cc4)CC32C)c2ccccc2)n1. The Morgan fingerprint density at radius 3 is 2.68 bits per heavy atom. The van der Waals surface area contributed by atoms with Crippen LogP contribution in [0.1, 0.15) is 49.0 Å². The van der Waals surface area contributed by atoms with Crippen molar-refractivity contribution in [3.05, 3.63) is 107 Å². The van der Waals surface area contributed by atoms with Gasteiger partial charge in [0.15, 0.2) is 0 Å². The van der Waals surface area contributed by atoms with E-state index in [4.69, 9.17) is 4.74 Å². The van der Waals surface area contributed by atoms with Crippen LogP contribution in [0, 0.1) is 17.2 Å². The number of carbonyl (C=O) groups is 1. The first-order chi connectivity index (χ1) is 19.9. The van der Waals surface area contributed by atoms with E-state index in [0.717, 1.165) is 42.6 Å².